The highest BCUT2D eigenvalue weighted by molar-refractivity contribution is 7.20. The van der Waals surface area contributed by atoms with Crippen LogP contribution in [0.4, 0.5) is 17.2 Å². The van der Waals surface area contributed by atoms with E-state index >= 15 is 0 Å². The Bertz CT molecular complexity index is 1090. The molecule has 0 fully saturated rings. The van der Waals surface area contributed by atoms with Gasteiger partial charge < -0.3 is 25.3 Å². The fourth-order valence-corrected chi connectivity index (χ4v) is 3.71. The van der Waals surface area contributed by atoms with E-state index in [0.717, 1.165) is 11.3 Å². The summed E-state index contributed by atoms with van der Waals surface area (Å²) in [6.45, 7) is 0. The number of ether oxygens (including phenoxy) is 3. The molecule has 0 atom stereocenters. The second-order valence-corrected chi connectivity index (χ2v) is 6.68. The largest absolute Gasteiger partial charge is 0.493 e. The molecule has 0 spiro atoms. The minimum atomic E-state index is -0.418. The summed E-state index contributed by atoms with van der Waals surface area (Å²) < 4.78 is 15.9. The van der Waals surface area contributed by atoms with E-state index in [1.54, 1.807) is 18.2 Å². The van der Waals surface area contributed by atoms with Crippen molar-refractivity contribution in [2.45, 2.75) is 0 Å². The van der Waals surface area contributed by atoms with E-state index < -0.39 is 5.91 Å². The quantitative estimate of drug-likeness (QED) is 0.593. The molecule has 0 unspecified atom stereocenters. The van der Waals surface area contributed by atoms with Crippen LogP contribution in [0.3, 0.4) is 0 Å². The smallest absolute Gasteiger partial charge is 0.289 e. The molecule has 0 saturated carbocycles. The lowest BCUT2D eigenvalue weighted by molar-refractivity contribution is -0.323. The van der Waals surface area contributed by atoms with Gasteiger partial charge in [0.2, 0.25) is 5.75 Å². The Morgan fingerprint density at radius 3 is 2.32 bits per heavy atom. The first-order valence-corrected chi connectivity index (χ1v) is 8.80. The molecule has 2 heterocycles. The van der Waals surface area contributed by atoms with E-state index in [2.05, 4.69) is 10.3 Å². The summed E-state index contributed by atoms with van der Waals surface area (Å²) >= 11 is 1.14. The van der Waals surface area contributed by atoms with Crippen molar-refractivity contribution in [2.24, 2.45) is 0 Å². The molecule has 0 saturated heterocycles. The number of aromatic amines is 1. The number of nitrogens with one attached hydrogen (secondary N) is 2. The lowest BCUT2D eigenvalue weighted by Crippen LogP contribution is -2.12. The van der Waals surface area contributed by atoms with Gasteiger partial charge in [0.05, 0.1) is 32.4 Å². The molecule has 10 heteroatoms. The van der Waals surface area contributed by atoms with Crippen LogP contribution in [-0.4, -0.2) is 27.2 Å². The number of nitrogens with two attached hydrogens (primary N) is 2. The lowest BCUT2D eigenvalue weighted by atomic mass is 10.2. The molecule has 3 aromatic rings. The number of rotatable bonds is 5. The number of methoxy groups -OCH3 is 3. The fourth-order valence-electron chi connectivity index (χ4n) is 2.71. The Kier molecular flexibility index (Phi) is 5.10. The van der Waals surface area contributed by atoms with Crippen LogP contribution in [-0.2, 0) is 0 Å². The van der Waals surface area contributed by atoms with Gasteiger partial charge in [0, 0.05) is 17.8 Å². The first-order chi connectivity index (χ1) is 13.4. The Labute approximate surface area is 164 Å². The maximum absolute atomic E-state index is 12.8. The Hall–Kier alpha value is -3.71. The van der Waals surface area contributed by atoms with Crippen molar-refractivity contribution in [1.29, 1.82) is 5.26 Å². The highest BCUT2D eigenvalue weighted by atomic mass is 32.1. The van der Waals surface area contributed by atoms with E-state index in [4.69, 9.17) is 30.9 Å². The average Bonchev–Trinajstić information content (AvgIpc) is 3.01. The highest BCUT2D eigenvalue weighted by Gasteiger charge is 2.22. The van der Waals surface area contributed by atoms with Crippen molar-refractivity contribution in [3.8, 4) is 23.3 Å². The Balaban J connectivity index is 2.00. The maximum Gasteiger partial charge on any atom is 0.289 e. The van der Waals surface area contributed by atoms with Gasteiger partial charge in [-0.25, -0.2) is 4.98 Å². The summed E-state index contributed by atoms with van der Waals surface area (Å²) in [5.41, 5.74) is 12.9. The number of pyridine rings is 1. The van der Waals surface area contributed by atoms with Crippen molar-refractivity contribution in [1.82, 2.24) is 0 Å². The third-order valence-corrected chi connectivity index (χ3v) is 5.20. The molecule has 144 valence electrons. The predicted molar refractivity (Wildman–Crippen MR) is 106 cm³/mol. The van der Waals surface area contributed by atoms with Crippen LogP contribution in [0.15, 0.2) is 18.2 Å². The highest BCUT2D eigenvalue weighted by Crippen LogP contribution is 2.40. The molecular weight excluding hydrogens is 382 g/mol. The van der Waals surface area contributed by atoms with Crippen molar-refractivity contribution in [3.63, 3.8) is 0 Å². The summed E-state index contributed by atoms with van der Waals surface area (Å²) in [5.74, 6) is 1.02. The molecule has 9 nitrogen and oxygen atoms in total. The van der Waals surface area contributed by atoms with E-state index in [1.165, 1.54) is 21.3 Å². The zero-order chi connectivity index (χ0) is 20.4. The van der Waals surface area contributed by atoms with Crippen molar-refractivity contribution in [2.75, 3.05) is 38.1 Å². The first kappa shape index (κ1) is 19.1. The molecule has 28 heavy (non-hydrogen) atoms. The number of anilines is 3. The second-order valence-electron chi connectivity index (χ2n) is 5.66. The van der Waals surface area contributed by atoms with Gasteiger partial charge in [0.25, 0.3) is 11.7 Å². The van der Waals surface area contributed by atoms with Crippen LogP contribution < -0.4 is 36.0 Å². The third-order valence-electron chi connectivity index (χ3n) is 4.06. The molecule has 3 rings (SSSR count). The summed E-state index contributed by atoms with van der Waals surface area (Å²) in [4.78, 5) is 16.6. The van der Waals surface area contributed by atoms with Gasteiger partial charge in [-0.3, -0.25) is 10.5 Å². The van der Waals surface area contributed by atoms with Crippen LogP contribution >= 0.6 is 11.3 Å². The number of benzene rings is 1. The first-order valence-electron chi connectivity index (χ1n) is 7.98. The molecule has 0 aliphatic rings. The number of carbonyl (C=O) groups is 1. The fraction of sp³-hybridized carbons (Fsp3) is 0.167. The van der Waals surface area contributed by atoms with Gasteiger partial charge in [-0.15, -0.1) is 0 Å². The predicted octanol–water partition coefficient (Wildman–Crippen LogP) is 2.03. The van der Waals surface area contributed by atoms with Crippen LogP contribution in [0, 0.1) is 11.3 Å². The second kappa shape index (κ2) is 7.50. The maximum atomic E-state index is 12.8. The van der Waals surface area contributed by atoms with Gasteiger partial charge >= 0.3 is 0 Å². The average molecular weight is 400 g/mol. The molecule has 6 N–H and O–H groups in total. The van der Waals surface area contributed by atoms with E-state index in [-0.39, 0.29) is 21.9 Å². The lowest BCUT2D eigenvalue weighted by Gasteiger charge is -2.14. The summed E-state index contributed by atoms with van der Waals surface area (Å²) in [6.07, 6.45) is 0. The van der Waals surface area contributed by atoms with Crippen LogP contribution in [0.5, 0.6) is 17.2 Å². The van der Waals surface area contributed by atoms with Gasteiger partial charge in [0.15, 0.2) is 16.3 Å². The topological polar surface area (TPSA) is 147 Å². The number of hydrogen-bond acceptors (Lipinski definition) is 8. The normalized spacial score (nSPS) is 10.4. The van der Waals surface area contributed by atoms with Crippen molar-refractivity contribution < 1.29 is 24.0 Å². The number of thiophene rings is 1. The monoisotopic (exact) mass is 400 g/mol. The number of nitriles is 1. The van der Waals surface area contributed by atoms with Gasteiger partial charge in [-0.1, -0.05) is 11.3 Å². The number of hydrogen-bond donors (Lipinski definition) is 3. The SMILES string of the molecule is COc1cc(NC(=O)c2sc3[nH+]c(N)c(C#N)cc3c2N)cc(OC)c1OC. The number of H-pyrrole nitrogens is 1. The summed E-state index contributed by atoms with van der Waals surface area (Å²) in [5, 5.41) is 12.5. The number of carbonyl (C=O) groups excluding carboxylic acids is 1. The Morgan fingerprint density at radius 1 is 1.14 bits per heavy atom. The van der Waals surface area contributed by atoms with Crippen LogP contribution in [0.25, 0.3) is 10.2 Å². The number of nitrogen functional groups attached to an aromatic ring is 2. The number of amides is 1. The number of fused-ring (bicyclic) bond motifs is 1. The van der Waals surface area contributed by atoms with Gasteiger partial charge in [-0.2, -0.15) is 5.26 Å². The molecule has 0 aliphatic carbocycles. The van der Waals surface area contributed by atoms with Gasteiger partial charge in [0.1, 0.15) is 16.5 Å². The third kappa shape index (κ3) is 3.19. The van der Waals surface area contributed by atoms with Crippen LogP contribution in [0.1, 0.15) is 15.2 Å². The number of aromatic nitrogens is 1. The molecule has 1 aromatic carbocycles. The molecule has 1 amide bonds. The molecule has 0 aliphatic heterocycles. The van der Waals surface area contributed by atoms with Crippen LogP contribution in [0.2, 0.25) is 0 Å². The van der Waals surface area contributed by atoms with Gasteiger partial charge in [-0.05, 0) is 6.07 Å². The Morgan fingerprint density at radius 2 is 1.79 bits per heavy atom. The minimum absolute atomic E-state index is 0.216. The summed E-state index contributed by atoms with van der Waals surface area (Å²) in [6, 6.07) is 6.76. The van der Waals surface area contributed by atoms with E-state index in [1.807, 2.05) is 6.07 Å². The molecular formula is C18H18N5O4S+. The minimum Gasteiger partial charge on any atom is -0.493 e. The molecule has 0 radical (unpaired) electrons. The van der Waals surface area contributed by atoms with Crippen molar-refractivity contribution in [3.05, 3.63) is 28.6 Å². The van der Waals surface area contributed by atoms with E-state index in [0.29, 0.717) is 33.2 Å². The standard InChI is InChI=1S/C18H17N5O4S/c1-25-11-5-9(6-12(26-2)14(11)27-3)22-17(24)15-13(20)10-4-8(7-19)16(21)23-18(10)28-15/h4-6H,20H2,1-3H3,(H2,21,23)(H,22,24)/p+1. The van der Waals surface area contributed by atoms with Crippen molar-refractivity contribution >= 4 is 44.7 Å². The zero-order valence-corrected chi connectivity index (χ0v) is 16.2. The summed E-state index contributed by atoms with van der Waals surface area (Å²) in [7, 11) is 4.47. The molecule has 2 aromatic heterocycles. The van der Waals surface area contributed by atoms with E-state index in [9.17, 15) is 4.79 Å². The zero-order valence-electron chi connectivity index (χ0n) is 15.4. The number of nitrogens with zero attached hydrogens (tertiary/aromatic N) is 1. The molecule has 0 bridgehead atoms.